The standard InChI is InChI=1S/C58H36O/c1-2-20-42(21-3-1)57(49-27-13-11-25-46(49)47-32-37-16-4-5-17-38(37)33-52(47)57)48-26-12-8-22-43(48)41-30-31-55-53(35-41)58(54-34-39-18-6-7-19-40(39)36-56(54)59-55)50-28-14-9-23-44(50)45-24-10-15-29-51(45)58/h1-36H. The molecule has 0 amide bonds. The van der Waals surface area contributed by atoms with Crippen molar-refractivity contribution in [3.05, 3.63) is 263 Å². The van der Waals surface area contributed by atoms with Gasteiger partial charge in [0, 0.05) is 11.1 Å². The fourth-order valence-corrected chi connectivity index (χ4v) is 11.2. The maximum atomic E-state index is 7.05. The van der Waals surface area contributed by atoms with Gasteiger partial charge in [0.05, 0.1) is 10.8 Å². The van der Waals surface area contributed by atoms with Crippen LogP contribution in [-0.2, 0) is 10.8 Å². The van der Waals surface area contributed by atoms with Crippen LogP contribution < -0.4 is 4.74 Å². The van der Waals surface area contributed by atoms with E-state index in [0.717, 1.165) is 22.6 Å². The molecule has 1 spiro atoms. The van der Waals surface area contributed by atoms with Crippen LogP contribution in [0.1, 0.15) is 44.5 Å². The first-order valence-corrected chi connectivity index (χ1v) is 20.6. The summed E-state index contributed by atoms with van der Waals surface area (Å²) in [5.74, 6) is 1.80. The summed E-state index contributed by atoms with van der Waals surface area (Å²) >= 11 is 0. The Morgan fingerprint density at radius 3 is 1.32 bits per heavy atom. The van der Waals surface area contributed by atoms with Gasteiger partial charge in [0.15, 0.2) is 0 Å². The van der Waals surface area contributed by atoms with Crippen molar-refractivity contribution in [1.29, 1.82) is 0 Å². The highest BCUT2D eigenvalue weighted by molar-refractivity contribution is 5.98. The Balaban J connectivity index is 1.12. The van der Waals surface area contributed by atoms with Crippen LogP contribution in [0.4, 0.5) is 0 Å². The molecular weight excluding hydrogens is 713 g/mol. The minimum Gasteiger partial charge on any atom is -0.457 e. The predicted octanol–water partition coefficient (Wildman–Crippen LogP) is 14.5. The molecular formula is C58H36O. The van der Waals surface area contributed by atoms with Gasteiger partial charge in [0.1, 0.15) is 11.5 Å². The summed E-state index contributed by atoms with van der Waals surface area (Å²) < 4.78 is 7.05. The third-order valence-corrected chi connectivity index (χ3v) is 13.6. The van der Waals surface area contributed by atoms with Gasteiger partial charge in [-0.05, 0) is 125 Å². The first kappa shape index (κ1) is 32.6. The van der Waals surface area contributed by atoms with Crippen molar-refractivity contribution in [3.8, 4) is 44.9 Å². The van der Waals surface area contributed by atoms with Gasteiger partial charge >= 0.3 is 0 Å². The Bertz CT molecular complexity index is 3330. The molecule has 3 aliphatic rings. The molecule has 0 saturated carbocycles. The van der Waals surface area contributed by atoms with Gasteiger partial charge in [-0.1, -0.05) is 182 Å². The quantitative estimate of drug-likeness (QED) is 0.175. The summed E-state index contributed by atoms with van der Waals surface area (Å²) in [6.45, 7) is 0. The van der Waals surface area contributed by atoms with Crippen LogP contribution >= 0.6 is 0 Å². The number of fused-ring (bicyclic) bond motifs is 14. The lowest BCUT2D eigenvalue weighted by atomic mass is 9.64. The fourth-order valence-electron chi connectivity index (χ4n) is 11.2. The second-order valence-electron chi connectivity index (χ2n) is 16.3. The Morgan fingerprint density at radius 2 is 0.695 bits per heavy atom. The molecule has 0 radical (unpaired) electrons. The zero-order valence-electron chi connectivity index (χ0n) is 32.2. The fraction of sp³-hybridized carbons (Fsp3) is 0.0345. The summed E-state index contributed by atoms with van der Waals surface area (Å²) in [4.78, 5) is 0. The smallest absolute Gasteiger partial charge is 0.132 e. The normalized spacial score (nSPS) is 16.1. The van der Waals surface area contributed by atoms with Gasteiger partial charge in [-0.15, -0.1) is 0 Å². The third kappa shape index (κ3) is 4.24. The largest absolute Gasteiger partial charge is 0.457 e. The number of hydrogen-bond donors (Lipinski definition) is 0. The molecule has 1 heteroatoms. The summed E-state index contributed by atoms with van der Waals surface area (Å²) in [5, 5.41) is 4.88. The van der Waals surface area contributed by atoms with Crippen molar-refractivity contribution in [1.82, 2.24) is 0 Å². The molecule has 1 atom stereocenters. The van der Waals surface area contributed by atoms with Gasteiger partial charge in [0.25, 0.3) is 0 Å². The SMILES string of the molecule is c1ccc(C2(c3ccccc3-c3ccc4c(c3)C3(c5cc6ccccc6cc5O4)c4ccccc4-c4ccccc43)c3ccccc3-c3cc4ccccc4cc32)cc1. The molecule has 0 saturated heterocycles. The molecule has 10 aromatic rings. The van der Waals surface area contributed by atoms with Crippen LogP contribution in [0.5, 0.6) is 11.5 Å². The van der Waals surface area contributed by atoms with Crippen molar-refractivity contribution in [2.75, 3.05) is 0 Å². The molecule has 59 heavy (non-hydrogen) atoms. The molecule has 0 N–H and O–H groups in total. The molecule has 1 aliphatic heterocycles. The average molecular weight is 749 g/mol. The third-order valence-electron chi connectivity index (χ3n) is 13.6. The first-order chi connectivity index (χ1) is 29.2. The van der Waals surface area contributed by atoms with Crippen molar-refractivity contribution in [2.45, 2.75) is 10.8 Å². The van der Waals surface area contributed by atoms with E-state index in [4.69, 9.17) is 4.74 Å². The van der Waals surface area contributed by atoms with Gasteiger partial charge in [-0.2, -0.15) is 0 Å². The first-order valence-electron chi connectivity index (χ1n) is 20.6. The Labute approximate surface area is 343 Å². The molecule has 0 aromatic heterocycles. The van der Waals surface area contributed by atoms with Gasteiger partial charge < -0.3 is 4.74 Å². The van der Waals surface area contributed by atoms with E-state index in [2.05, 4.69) is 218 Å². The topological polar surface area (TPSA) is 9.23 Å². The summed E-state index contributed by atoms with van der Waals surface area (Å²) in [6.07, 6.45) is 0. The molecule has 1 heterocycles. The summed E-state index contributed by atoms with van der Waals surface area (Å²) in [6, 6.07) is 81.2. The number of rotatable bonds is 3. The van der Waals surface area contributed by atoms with E-state index in [-0.39, 0.29) is 0 Å². The maximum Gasteiger partial charge on any atom is 0.132 e. The second-order valence-corrected chi connectivity index (χ2v) is 16.3. The monoisotopic (exact) mass is 748 g/mol. The second kappa shape index (κ2) is 12.0. The lowest BCUT2D eigenvalue weighted by molar-refractivity contribution is 0.437. The molecule has 2 aliphatic carbocycles. The Kier molecular flexibility index (Phi) is 6.64. The molecule has 0 bridgehead atoms. The van der Waals surface area contributed by atoms with Crippen molar-refractivity contribution >= 4 is 21.5 Å². The number of ether oxygens (including phenoxy) is 1. The average Bonchev–Trinajstić information content (AvgIpc) is 3.76. The van der Waals surface area contributed by atoms with E-state index in [0.29, 0.717) is 0 Å². The molecule has 10 aromatic carbocycles. The highest BCUT2D eigenvalue weighted by atomic mass is 16.5. The summed E-state index contributed by atoms with van der Waals surface area (Å²) in [7, 11) is 0. The zero-order valence-corrected chi connectivity index (χ0v) is 32.2. The molecule has 0 fully saturated rings. The van der Waals surface area contributed by atoms with Crippen molar-refractivity contribution in [2.24, 2.45) is 0 Å². The molecule has 274 valence electrons. The van der Waals surface area contributed by atoms with Gasteiger partial charge in [-0.3, -0.25) is 0 Å². The lowest BCUT2D eigenvalue weighted by Gasteiger charge is -2.40. The minimum atomic E-state index is -0.590. The van der Waals surface area contributed by atoms with Crippen LogP contribution in [0.3, 0.4) is 0 Å². The lowest BCUT2D eigenvalue weighted by Crippen LogP contribution is -2.32. The van der Waals surface area contributed by atoms with Crippen LogP contribution in [0.25, 0.3) is 54.9 Å². The van der Waals surface area contributed by atoms with E-state index < -0.39 is 10.8 Å². The van der Waals surface area contributed by atoms with Crippen molar-refractivity contribution in [3.63, 3.8) is 0 Å². The van der Waals surface area contributed by atoms with Gasteiger partial charge in [-0.25, -0.2) is 0 Å². The molecule has 1 unspecified atom stereocenters. The summed E-state index contributed by atoms with van der Waals surface area (Å²) in [5.41, 5.74) is 16.4. The van der Waals surface area contributed by atoms with Crippen LogP contribution in [-0.4, -0.2) is 0 Å². The van der Waals surface area contributed by atoms with E-state index in [9.17, 15) is 0 Å². The zero-order chi connectivity index (χ0) is 38.7. The van der Waals surface area contributed by atoms with E-state index in [1.807, 2.05) is 0 Å². The van der Waals surface area contributed by atoms with E-state index >= 15 is 0 Å². The maximum absolute atomic E-state index is 7.05. The van der Waals surface area contributed by atoms with E-state index in [1.54, 1.807) is 0 Å². The Morgan fingerprint density at radius 1 is 0.254 bits per heavy atom. The highest BCUT2D eigenvalue weighted by Gasteiger charge is 2.52. The number of benzene rings is 10. The van der Waals surface area contributed by atoms with Gasteiger partial charge in [0.2, 0.25) is 0 Å². The van der Waals surface area contributed by atoms with E-state index in [1.165, 1.54) is 88.3 Å². The molecule has 13 rings (SSSR count). The predicted molar refractivity (Wildman–Crippen MR) is 242 cm³/mol. The van der Waals surface area contributed by atoms with Crippen LogP contribution in [0.2, 0.25) is 0 Å². The highest BCUT2D eigenvalue weighted by Crippen LogP contribution is 2.64. The number of hydrogen-bond acceptors (Lipinski definition) is 1. The van der Waals surface area contributed by atoms with Crippen LogP contribution in [0, 0.1) is 0 Å². The Hall–Kier alpha value is -7.48. The minimum absolute atomic E-state index is 0.573. The van der Waals surface area contributed by atoms with Crippen LogP contribution in [0.15, 0.2) is 218 Å². The molecule has 1 nitrogen and oxygen atoms in total. The van der Waals surface area contributed by atoms with Crippen molar-refractivity contribution < 1.29 is 4.74 Å².